The second-order valence-electron chi connectivity index (χ2n) is 5.69. The van der Waals surface area contributed by atoms with E-state index in [1.807, 2.05) is 31.2 Å². The van der Waals surface area contributed by atoms with Gasteiger partial charge in [-0.3, -0.25) is 0 Å². The normalized spacial score (nSPS) is 17.0. The van der Waals surface area contributed by atoms with Crippen molar-refractivity contribution < 1.29 is 9.26 Å². The first-order valence-corrected chi connectivity index (χ1v) is 7.54. The van der Waals surface area contributed by atoms with E-state index in [1.54, 1.807) is 0 Å². The van der Waals surface area contributed by atoms with E-state index in [2.05, 4.69) is 10.1 Å². The fourth-order valence-corrected chi connectivity index (χ4v) is 2.93. The molecule has 21 heavy (non-hydrogen) atoms. The molecule has 3 rings (SSSR count). The van der Waals surface area contributed by atoms with Crippen LogP contribution in [0.4, 0.5) is 0 Å². The summed E-state index contributed by atoms with van der Waals surface area (Å²) >= 11 is 0. The minimum Gasteiger partial charge on any atom is -0.493 e. The van der Waals surface area contributed by atoms with Crippen molar-refractivity contribution in [3.8, 4) is 17.1 Å². The first-order valence-electron chi connectivity index (χ1n) is 7.54. The van der Waals surface area contributed by atoms with Gasteiger partial charge in [-0.1, -0.05) is 30.1 Å². The molecule has 0 atom stereocenters. The number of aromatic nitrogens is 2. The number of benzene rings is 1. The highest BCUT2D eigenvalue weighted by molar-refractivity contribution is 5.63. The third-order valence-corrected chi connectivity index (χ3v) is 4.00. The molecule has 0 unspecified atom stereocenters. The predicted molar refractivity (Wildman–Crippen MR) is 80.0 cm³/mol. The van der Waals surface area contributed by atoms with Crippen LogP contribution < -0.4 is 10.5 Å². The summed E-state index contributed by atoms with van der Waals surface area (Å²) in [5.41, 5.74) is 7.04. The molecule has 1 heterocycles. The lowest BCUT2D eigenvalue weighted by Crippen LogP contribution is -2.38. The summed E-state index contributed by atoms with van der Waals surface area (Å²) in [5, 5.41) is 4.08. The van der Waals surface area contributed by atoms with Crippen LogP contribution in [0.1, 0.15) is 38.5 Å². The Morgan fingerprint density at radius 3 is 2.81 bits per heavy atom. The van der Waals surface area contributed by atoms with Crippen molar-refractivity contribution in [3.05, 3.63) is 30.2 Å². The Bertz CT molecular complexity index is 603. The summed E-state index contributed by atoms with van der Waals surface area (Å²) in [6.45, 7) is 2.56. The van der Waals surface area contributed by atoms with Gasteiger partial charge in [-0.25, -0.2) is 0 Å². The van der Waals surface area contributed by atoms with Crippen LogP contribution >= 0.6 is 0 Å². The average Bonchev–Trinajstić information content (AvgIpc) is 3.10. The maximum absolute atomic E-state index is 6.36. The molecule has 1 aromatic heterocycles. The molecule has 0 aliphatic heterocycles. The fraction of sp³-hybridized carbons (Fsp3) is 0.500. The van der Waals surface area contributed by atoms with Crippen LogP contribution in [0.5, 0.6) is 5.75 Å². The molecule has 0 bridgehead atoms. The highest BCUT2D eigenvalue weighted by Crippen LogP contribution is 2.31. The highest BCUT2D eigenvalue weighted by Gasteiger charge is 2.31. The van der Waals surface area contributed by atoms with Crippen LogP contribution in [0.15, 0.2) is 28.8 Å². The lowest BCUT2D eigenvalue weighted by atomic mass is 9.95. The highest BCUT2D eigenvalue weighted by atomic mass is 16.5. The fourth-order valence-electron chi connectivity index (χ4n) is 2.93. The van der Waals surface area contributed by atoms with Crippen LogP contribution in [0, 0.1) is 0 Å². The summed E-state index contributed by atoms with van der Waals surface area (Å²) < 4.78 is 11.0. The Kier molecular flexibility index (Phi) is 3.92. The van der Waals surface area contributed by atoms with Gasteiger partial charge in [0.05, 0.1) is 12.2 Å². The molecular formula is C16H21N3O2. The zero-order valence-electron chi connectivity index (χ0n) is 12.3. The van der Waals surface area contributed by atoms with Gasteiger partial charge in [-0.05, 0) is 31.9 Å². The molecule has 0 amide bonds. The van der Waals surface area contributed by atoms with Gasteiger partial charge in [0.25, 0.3) is 0 Å². The standard InChI is InChI=1S/C16H21N3O2/c1-2-20-13-8-4-3-7-12(13)15-18-14(21-19-15)11-16(17)9-5-6-10-16/h3-4,7-8H,2,5-6,9-11,17H2,1H3. The van der Waals surface area contributed by atoms with Crippen LogP contribution in [-0.4, -0.2) is 22.3 Å². The Morgan fingerprint density at radius 2 is 2.05 bits per heavy atom. The SMILES string of the molecule is CCOc1ccccc1-c1noc(CC2(N)CCCC2)n1. The molecule has 1 aromatic carbocycles. The van der Waals surface area contributed by atoms with E-state index in [-0.39, 0.29) is 5.54 Å². The van der Waals surface area contributed by atoms with E-state index in [0.29, 0.717) is 24.7 Å². The zero-order valence-corrected chi connectivity index (χ0v) is 12.3. The number of nitrogens with zero attached hydrogens (tertiary/aromatic N) is 2. The van der Waals surface area contributed by atoms with Crippen LogP contribution in [0.2, 0.25) is 0 Å². The topological polar surface area (TPSA) is 74.2 Å². The minimum atomic E-state index is -0.177. The second-order valence-corrected chi connectivity index (χ2v) is 5.69. The van der Waals surface area contributed by atoms with Gasteiger partial charge in [0.2, 0.25) is 11.7 Å². The predicted octanol–water partition coefficient (Wildman–Crippen LogP) is 2.95. The number of nitrogens with two attached hydrogens (primary N) is 1. The van der Waals surface area contributed by atoms with Crippen molar-refractivity contribution in [1.29, 1.82) is 0 Å². The molecule has 2 aromatic rings. The summed E-state index contributed by atoms with van der Waals surface area (Å²) in [5.74, 6) is 1.95. The zero-order chi connectivity index (χ0) is 14.7. The van der Waals surface area contributed by atoms with E-state index in [4.69, 9.17) is 15.0 Å². The van der Waals surface area contributed by atoms with Gasteiger partial charge >= 0.3 is 0 Å². The number of para-hydroxylation sites is 1. The van der Waals surface area contributed by atoms with Gasteiger partial charge in [-0.2, -0.15) is 4.98 Å². The van der Waals surface area contributed by atoms with E-state index in [1.165, 1.54) is 12.8 Å². The molecule has 1 saturated carbocycles. The summed E-state index contributed by atoms with van der Waals surface area (Å²) in [4.78, 5) is 4.49. The molecule has 0 radical (unpaired) electrons. The minimum absolute atomic E-state index is 0.177. The van der Waals surface area contributed by atoms with Crippen molar-refractivity contribution >= 4 is 0 Å². The van der Waals surface area contributed by atoms with E-state index in [9.17, 15) is 0 Å². The van der Waals surface area contributed by atoms with E-state index >= 15 is 0 Å². The summed E-state index contributed by atoms with van der Waals surface area (Å²) in [7, 11) is 0. The molecule has 1 aliphatic rings. The van der Waals surface area contributed by atoms with Crippen molar-refractivity contribution in [2.75, 3.05) is 6.61 Å². The van der Waals surface area contributed by atoms with Crippen molar-refractivity contribution in [3.63, 3.8) is 0 Å². The molecule has 2 N–H and O–H groups in total. The quantitative estimate of drug-likeness (QED) is 0.915. The first-order chi connectivity index (χ1) is 10.2. The van der Waals surface area contributed by atoms with Gasteiger partial charge in [0.1, 0.15) is 5.75 Å². The first kappa shape index (κ1) is 14.1. The van der Waals surface area contributed by atoms with Crippen molar-refractivity contribution in [2.24, 2.45) is 5.73 Å². The number of ether oxygens (including phenoxy) is 1. The molecule has 1 aliphatic carbocycles. The molecule has 0 saturated heterocycles. The maximum atomic E-state index is 6.36. The average molecular weight is 287 g/mol. The maximum Gasteiger partial charge on any atom is 0.228 e. The molecule has 112 valence electrons. The van der Waals surface area contributed by atoms with Crippen LogP contribution in [0.25, 0.3) is 11.4 Å². The molecule has 5 heteroatoms. The van der Waals surface area contributed by atoms with Gasteiger partial charge in [-0.15, -0.1) is 0 Å². The van der Waals surface area contributed by atoms with Crippen molar-refractivity contribution in [1.82, 2.24) is 10.1 Å². The van der Waals surface area contributed by atoms with Crippen molar-refractivity contribution in [2.45, 2.75) is 44.6 Å². The Labute approximate surface area is 124 Å². The van der Waals surface area contributed by atoms with Crippen LogP contribution in [-0.2, 0) is 6.42 Å². The van der Waals surface area contributed by atoms with Gasteiger partial charge < -0.3 is 15.0 Å². The lowest BCUT2D eigenvalue weighted by molar-refractivity contribution is 0.328. The Hall–Kier alpha value is -1.88. The number of hydrogen-bond acceptors (Lipinski definition) is 5. The lowest BCUT2D eigenvalue weighted by Gasteiger charge is -2.20. The van der Waals surface area contributed by atoms with E-state index in [0.717, 1.165) is 24.2 Å². The van der Waals surface area contributed by atoms with Gasteiger partial charge in [0, 0.05) is 12.0 Å². The largest absolute Gasteiger partial charge is 0.493 e. The Morgan fingerprint density at radius 1 is 1.29 bits per heavy atom. The molecular weight excluding hydrogens is 266 g/mol. The number of rotatable bonds is 5. The Balaban J connectivity index is 1.81. The smallest absolute Gasteiger partial charge is 0.228 e. The van der Waals surface area contributed by atoms with Crippen LogP contribution in [0.3, 0.4) is 0 Å². The molecule has 1 fully saturated rings. The second kappa shape index (κ2) is 5.85. The summed E-state index contributed by atoms with van der Waals surface area (Å²) in [6, 6.07) is 7.72. The third-order valence-electron chi connectivity index (χ3n) is 4.00. The molecule has 5 nitrogen and oxygen atoms in total. The molecule has 0 spiro atoms. The monoisotopic (exact) mass is 287 g/mol. The number of hydrogen-bond donors (Lipinski definition) is 1. The van der Waals surface area contributed by atoms with Gasteiger partial charge in [0.15, 0.2) is 0 Å². The summed E-state index contributed by atoms with van der Waals surface area (Å²) in [6.07, 6.45) is 5.08. The van der Waals surface area contributed by atoms with E-state index < -0.39 is 0 Å². The third kappa shape index (κ3) is 3.08.